The SMILES string of the molecule is O=C1NC[C@@]2(CCCN(C(=O)Cc3cccc(Cl)c3)C2)Oc2ccccc21. The van der Waals surface area contributed by atoms with Crippen LogP contribution in [-0.4, -0.2) is 41.9 Å². The van der Waals surface area contributed by atoms with Gasteiger partial charge in [-0.2, -0.15) is 0 Å². The molecule has 1 saturated heterocycles. The Balaban J connectivity index is 1.52. The molecule has 0 saturated carbocycles. The molecule has 2 aromatic rings. The molecule has 0 bridgehead atoms. The summed E-state index contributed by atoms with van der Waals surface area (Å²) in [4.78, 5) is 27.0. The maximum absolute atomic E-state index is 12.8. The number of carbonyl (C=O) groups excluding carboxylic acids is 2. The third kappa shape index (κ3) is 3.78. The maximum Gasteiger partial charge on any atom is 0.255 e. The molecular weight excluding hydrogens is 364 g/mol. The van der Waals surface area contributed by atoms with Crippen LogP contribution in [0.4, 0.5) is 0 Å². The van der Waals surface area contributed by atoms with Crippen LogP contribution >= 0.6 is 11.6 Å². The minimum absolute atomic E-state index is 0.0452. The smallest absolute Gasteiger partial charge is 0.255 e. The monoisotopic (exact) mass is 384 g/mol. The summed E-state index contributed by atoms with van der Waals surface area (Å²) in [6.07, 6.45) is 1.93. The number of para-hydroxylation sites is 1. The van der Waals surface area contributed by atoms with E-state index >= 15 is 0 Å². The quantitative estimate of drug-likeness (QED) is 0.865. The van der Waals surface area contributed by atoms with Crippen LogP contribution < -0.4 is 10.1 Å². The van der Waals surface area contributed by atoms with E-state index in [4.69, 9.17) is 16.3 Å². The van der Waals surface area contributed by atoms with Crippen molar-refractivity contribution in [3.05, 3.63) is 64.7 Å². The lowest BCUT2D eigenvalue weighted by Crippen LogP contribution is -2.58. The van der Waals surface area contributed by atoms with Crippen molar-refractivity contribution in [2.45, 2.75) is 24.9 Å². The van der Waals surface area contributed by atoms with E-state index in [0.717, 1.165) is 18.4 Å². The van der Waals surface area contributed by atoms with Crippen LogP contribution in [-0.2, 0) is 11.2 Å². The summed E-state index contributed by atoms with van der Waals surface area (Å²) >= 11 is 6.03. The fourth-order valence-corrected chi connectivity index (χ4v) is 4.03. The molecule has 5 nitrogen and oxygen atoms in total. The van der Waals surface area contributed by atoms with Crippen molar-refractivity contribution < 1.29 is 14.3 Å². The van der Waals surface area contributed by atoms with Gasteiger partial charge in [-0.05, 0) is 42.7 Å². The second kappa shape index (κ2) is 7.24. The molecule has 0 aromatic heterocycles. The van der Waals surface area contributed by atoms with Gasteiger partial charge >= 0.3 is 0 Å². The van der Waals surface area contributed by atoms with E-state index in [1.165, 1.54) is 0 Å². The van der Waals surface area contributed by atoms with Crippen LogP contribution in [0.15, 0.2) is 48.5 Å². The zero-order valence-corrected chi connectivity index (χ0v) is 15.7. The number of hydrogen-bond acceptors (Lipinski definition) is 3. The second-order valence-corrected chi connectivity index (χ2v) is 7.63. The van der Waals surface area contributed by atoms with Crippen molar-refractivity contribution in [1.29, 1.82) is 0 Å². The van der Waals surface area contributed by atoms with Crippen molar-refractivity contribution >= 4 is 23.4 Å². The van der Waals surface area contributed by atoms with Gasteiger partial charge in [0, 0.05) is 11.6 Å². The fraction of sp³-hybridized carbons (Fsp3) is 0.333. The van der Waals surface area contributed by atoms with Gasteiger partial charge in [-0.1, -0.05) is 35.9 Å². The predicted molar refractivity (Wildman–Crippen MR) is 103 cm³/mol. The highest BCUT2D eigenvalue weighted by Crippen LogP contribution is 2.32. The third-order valence-corrected chi connectivity index (χ3v) is 5.40. The summed E-state index contributed by atoms with van der Waals surface area (Å²) in [5.41, 5.74) is 0.842. The normalized spacial score (nSPS) is 21.8. The number of halogens is 1. The van der Waals surface area contributed by atoms with E-state index in [1.54, 1.807) is 12.1 Å². The van der Waals surface area contributed by atoms with E-state index in [-0.39, 0.29) is 11.8 Å². The number of hydrogen-bond donors (Lipinski definition) is 1. The van der Waals surface area contributed by atoms with Crippen molar-refractivity contribution in [3.63, 3.8) is 0 Å². The zero-order valence-electron chi connectivity index (χ0n) is 14.9. The molecule has 1 N–H and O–H groups in total. The molecule has 2 heterocycles. The van der Waals surface area contributed by atoms with Crippen molar-refractivity contribution in [2.75, 3.05) is 19.6 Å². The average molecular weight is 385 g/mol. The largest absolute Gasteiger partial charge is 0.483 e. The number of nitrogens with zero attached hydrogens (tertiary/aromatic N) is 1. The summed E-state index contributed by atoms with van der Waals surface area (Å²) in [5.74, 6) is 0.491. The number of rotatable bonds is 2. The number of benzene rings is 2. The van der Waals surface area contributed by atoms with Crippen LogP contribution in [0, 0.1) is 0 Å². The van der Waals surface area contributed by atoms with Crippen LogP contribution in [0.1, 0.15) is 28.8 Å². The first-order valence-corrected chi connectivity index (χ1v) is 9.51. The number of ether oxygens (including phenoxy) is 1. The van der Waals surface area contributed by atoms with Gasteiger partial charge in [0.1, 0.15) is 11.4 Å². The van der Waals surface area contributed by atoms with Gasteiger partial charge < -0.3 is 15.0 Å². The van der Waals surface area contributed by atoms with Crippen LogP contribution in [0.2, 0.25) is 5.02 Å². The van der Waals surface area contributed by atoms with Gasteiger partial charge in [0.2, 0.25) is 5.91 Å². The van der Waals surface area contributed by atoms with Gasteiger partial charge in [-0.3, -0.25) is 9.59 Å². The van der Waals surface area contributed by atoms with Gasteiger partial charge in [0.25, 0.3) is 5.91 Å². The minimum Gasteiger partial charge on any atom is -0.483 e. The summed E-state index contributed by atoms with van der Waals surface area (Å²) in [6, 6.07) is 14.6. The molecule has 27 heavy (non-hydrogen) atoms. The molecule has 0 unspecified atom stereocenters. The molecule has 0 radical (unpaired) electrons. The highest BCUT2D eigenvalue weighted by Gasteiger charge is 2.41. The molecule has 4 rings (SSSR count). The Morgan fingerprint density at radius 1 is 1.22 bits per heavy atom. The highest BCUT2D eigenvalue weighted by molar-refractivity contribution is 6.30. The molecule has 2 amide bonds. The highest BCUT2D eigenvalue weighted by atomic mass is 35.5. The number of carbonyl (C=O) groups is 2. The number of nitrogens with one attached hydrogen (secondary N) is 1. The average Bonchev–Trinajstić information content (AvgIpc) is 2.79. The molecule has 1 fully saturated rings. The molecule has 1 spiro atoms. The summed E-state index contributed by atoms with van der Waals surface area (Å²) < 4.78 is 6.31. The molecule has 1 atom stereocenters. The lowest BCUT2D eigenvalue weighted by molar-refractivity contribution is -0.136. The van der Waals surface area contributed by atoms with Crippen molar-refractivity contribution in [3.8, 4) is 5.75 Å². The van der Waals surface area contributed by atoms with Gasteiger partial charge in [0.15, 0.2) is 0 Å². The summed E-state index contributed by atoms with van der Waals surface area (Å²) in [5, 5.41) is 3.59. The van der Waals surface area contributed by atoms with E-state index in [0.29, 0.717) is 42.4 Å². The molecule has 0 aliphatic carbocycles. The molecular formula is C21H21ClN2O3. The first kappa shape index (κ1) is 17.9. The molecule has 2 aromatic carbocycles. The van der Waals surface area contributed by atoms with E-state index in [1.807, 2.05) is 41.3 Å². The Morgan fingerprint density at radius 2 is 2.07 bits per heavy atom. The van der Waals surface area contributed by atoms with E-state index < -0.39 is 5.60 Å². The van der Waals surface area contributed by atoms with Crippen LogP contribution in [0.5, 0.6) is 5.75 Å². The Morgan fingerprint density at radius 3 is 2.93 bits per heavy atom. The van der Waals surface area contributed by atoms with E-state index in [2.05, 4.69) is 5.32 Å². The zero-order chi connectivity index (χ0) is 18.9. The molecule has 2 aliphatic rings. The van der Waals surface area contributed by atoms with Gasteiger partial charge in [0.05, 0.1) is 25.1 Å². The molecule has 6 heteroatoms. The number of amides is 2. The summed E-state index contributed by atoms with van der Waals surface area (Å²) in [7, 11) is 0. The topological polar surface area (TPSA) is 58.6 Å². The molecule has 2 aliphatic heterocycles. The summed E-state index contributed by atoms with van der Waals surface area (Å²) in [6.45, 7) is 1.54. The number of piperidine rings is 1. The van der Waals surface area contributed by atoms with Gasteiger partial charge in [-0.25, -0.2) is 0 Å². The Labute approximate surface area is 163 Å². The van der Waals surface area contributed by atoms with Crippen molar-refractivity contribution in [1.82, 2.24) is 10.2 Å². The van der Waals surface area contributed by atoms with Gasteiger partial charge in [-0.15, -0.1) is 0 Å². The Bertz CT molecular complexity index is 885. The Hall–Kier alpha value is -2.53. The first-order chi connectivity index (χ1) is 13.0. The van der Waals surface area contributed by atoms with Crippen LogP contribution in [0.3, 0.4) is 0 Å². The number of likely N-dealkylation sites (tertiary alicyclic amines) is 1. The maximum atomic E-state index is 12.8. The second-order valence-electron chi connectivity index (χ2n) is 7.19. The number of fused-ring (bicyclic) bond motifs is 1. The predicted octanol–water partition coefficient (Wildman–Crippen LogP) is 3.07. The fourth-order valence-electron chi connectivity index (χ4n) is 3.82. The third-order valence-electron chi connectivity index (χ3n) is 5.17. The standard InChI is InChI=1S/C21H21ClN2O3/c22-16-6-3-5-15(11-16)12-19(25)24-10-4-9-21(14-24)13-23-20(26)17-7-1-2-8-18(17)27-21/h1-3,5-8,11H,4,9-10,12-14H2,(H,23,26)/t21-/m1/s1. The minimum atomic E-state index is -0.593. The van der Waals surface area contributed by atoms with Crippen molar-refractivity contribution in [2.24, 2.45) is 0 Å². The lowest BCUT2D eigenvalue weighted by Gasteiger charge is -2.42. The lowest BCUT2D eigenvalue weighted by atomic mass is 9.92. The van der Waals surface area contributed by atoms with E-state index in [9.17, 15) is 9.59 Å². The van der Waals surface area contributed by atoms with Crippen LogP contribution in [0.25, 0.3) is 0 Å². The Kier molecular flexibility index (Phi) is 4.79. The first-order valence-electron chi connectivity index (χ1n) is 9.13. The molecule has 140 valence electrons.